The van der Waals surface area contributed by atoms with Gasteiger partial charge in [0, 0.05) is 29.1 Å². The highest BCUT2D eigenvalue weighted by atomic mass is 79.9. The summed E-state index contributed by atoms with van der Waals surface area (Å²) in [6, 6.07) is 8.71. The Morgan fingerprint density at radius 1 is 1.32 bits per heavy atom. The van der Waals surface area contributed by atoms with E-state index in [0.29, 0.717) is 0 Å². The van der Waals surface area contributed by atoms with E-state index >= 15 is 0 Å². The van der Waals surface area contributed by atoms with Gasteiger partial charge in [0.25, 0.3) is 0 Å². The molecule has 1 atom stereocenters. The summed E-state index contributed by atoms with van der Waals surface area (Å²) in [6.07, 6.45) is 7.44. The van der Waals surface area contributed by atoms with Gasteiger partial charge in [-0.1, -0.05) is 28.1 Å². The van der Waals surface area contributed by atoms with Gasteiger partial charge in [-0.25, -0.2) is 0 Å². The van der Waals surface area contributed by atoms with Crippen LogP contribution in [0.1, 0.15) is 30.6 Å². The molecule has 0 aliphatic carbocycles. The van der Waals surface area contributed by atoms with Crippen molar-refractivity contribution in [1.29, 1.82) is 0 Å². The monoisotopic (exact) mass is 319 g/mol. The average molecular weight is 320 g/mol. The number of nitrogens with zero attached hydrogens (tertiary/aromatic N) is 2. The summed E-state index contributed by atoms with van der Waals surface area (Å²) in [5.41, 5.74) is 2.35. The van der Waals surface area contributed by atoms with Crippen molar-refractivity contribution in [1.82, 2.24) is 15.3 Å². The van der Waals surface area contributed by atoms with Crippen LogP contribution in [0.3, 0.4) is 0 Å². The van der Waals surface area contributed by atoms with Crippen molar-refractivity contribution in [3.63, 3.8) is 0 Å². The molecule has 0 radical (unpaired) electrons. The van der Waals surface area contributed by atoms with E-state index in [1.807, 2.05) is 6.20 Å². The molecule has 1 aromatic carbocycles. The maximum Gasteiger partial charge on any atom is 0.0753 e. The minimum atomic E-state index is 0.246. The van der Waals surface area contributed by atoms with Gasteiger partial charge in [-0.2, -0.15) is 0 Å². The lowest BCUT2D eigenvalue weighted by molar-refractivity contribution is 0.545. The van der Waals surface area contributed by atoms with Crippen LogP contribution in [0.15, 0.2) is 47.3 Å². The molecule has 1 unspecified atom stereocenters. The summed E-state index contributed by atoms with van der Waals surface area (Å²) >= 11 is 3.49. The molecule has 0 aliphatic rings. The van der Waals surface area contributed by atoms with E-state index in [1.165, 1.54) is 5.56 Å². The Bertz CT molecular complexity index is 502. The van der Waals surface area contributed by atoms with Gasteiger partial charge in [0.2, 0.25) is 0 Å². The fraction of sp³-hybridized carbons (Fsp3) is 0.333. The number of hydrogen-bond acceptors (Lipinski definition) is 3. The summed E-state index contributed by atoms with van der Waals surface area (Å²) in [4.78, 5) is 8.38. The summed E-state index contributed by atoms with van der Waals surface area (Å²) in [5, 5.41) is 3.47. The van der Waals surface area contributed by atoms with Crippen molar-refractivity contribution in [2.24, 2.45) is 0 Å². The van der Waals surface area contributed by atoms with E-state index in [4.69, 9.17) is 0 Å². The number of rotatable bonds is 6. The molecule has 0 aliphatic heterocycles. The summed E-state index contributed by atoms with van der Waals surface area (Å²) in [6.45, 7) is 3.09. The van der Waals surface area contributed by atoms with Crippen LogP contribution in [0.2, 0.25) is 0 Å². The van der Waals surface area contributed by atoms with Gasteiger partial charge in [-0.15, -0.1) is 0 Å². The molecule has 0 bridgehead atoms. The van der Waals surface area contributed by atoms with Crippen molar-refractivity contribution in [2.45, 2.75) is 25.8 Å². The van der Waals surface area contributed by atoms with Crippen LogP contribution < -0.4 is 5.32 Å². The predicted octanol–water partition coefficient (Wildman–Crippen LogP) is 3.52. The maximum absolute atomic E-state index is 4.30. The molecule has 19 heavy (non-hydrogen) atoms. The number of halogens is 1. The lowest BCUT2D eigenvalue weighted by Crippen LogP contribution is -2.21. The Balaban J connectivity index is 1.72. The van der Waals surface area contributed by atoms with Gasteiger partial charge < -0.3 is 5.32 Å². The topological polar surface area (TPSA) is 37.8 Å². The smallest absolute Gasteiger partial charge is 0.0753 e. The lowest BCUT2D eigenvalue weighted by atomic mass is 10.1. The number of benzene rings is 1. The highest BCUT2D eigenvalue weighted by Crippen LogP contribution is 2.13. The van der Waals surface area contributed by atoms with Crippen LogP contribution in [-0.2, 0) is 6.42 Å². The molecule has 0 fully saturated rings. The first-order valence-corrected chi connectivity index (χ1v) is 7.29. The van der Waals surface area contributed by atoms with Gasteiger partial charge >= 0.3 is 0 Å². The quantitative estimate of drug-likeness (QED) is 0.828. The van der Waals surface area contributed by atoms with Crippen LogP contribution in [0, 0.1) is 0 Å². The highest BCUT2D eigenvalue weighted by Gasteiger charge is 2.05. The summed E-state index contributed by atoms with van der Waals surface area (Å²) in [5.74, 6) is 0. The zero-order valence-electron chi connectivity index (χ0n) is 11.0. The number of hydrogen-bond donors (Lipinski definition) is 1. The van der Waals surface area contributed by atoms with Crippen LogP contribution in [0.4, 0.5) is 0 Å². The van der Waals surface area contributed by atoms with Gasteiger partial charge in [0.15, 0.2) is 0 Å². The van der Waals surface area contributed by atoms with Crippen LogP contribution in [-0.4, -0.2) is 16.5 Å². The van der Waals surface area contributed by atoms with Crippen LogP contribution in [0.5, 0.6) is 0 Å². The standard InChI is InChI=1S/C15H18BrN3/c1-12(15-11-17-8-9-19-15)18-7-3-5-13-4-2-6-14(16)10-13/h2,4,6,8-12,18H,3,5,7H2,1H3. The molecule has 0 saturated heterocycles. The molecule has 2 rings (SSSR count). The third-order valence-corrected chi connectivity index (χ3v) is 3.50. The molecule has 0 amide bonds. The Kier molecular flexibility index (Phi) is 5.48. The molecular weight excluding hydrogens is 302 g/mol. The fourth-order valence-corrected chi connectivity index (χ4v) is 2.39. The van der Waals surface area contributed by atoms with E-state index < -0.39 is 0 Å². The van der Waals surface area contributed by atoms with Gasteiger partial charge in [-0.05, 0) is 44.0 Å². The van der Waals surface area contributed by atoms with Crippen molar-refractivity contribution in [3.8, 4) is 0 Å². The second kappa shape index (κ2) is 7.36. The van der Waals surface area contributed by atoms with Crippen LogP contribution in [0.25, 0.3) is 0 Å². The zero-order chi connectivity index (χ0) is 13.5. The summed E-state index contributed by atoms with van der Waals surface area (Å²) in [7, 11) is 0. The predicted molar refractivity (Wildman–Crippen MR) is 80.9 cm³/mol. The second-order valence-electron chi connectivity index (χ2n) is 4.54. The van der Waals surface area contributed by atoms with Crippen molar-refractivity contribution >= 4 is 15.9 Å². The van der Waals surface area contributed by atoms with E-state index in [9.17, 15) is 0 Å². The van der Waals surface area contributed by atoms with Gasteiger partial charge in [0.05, 0.1) is 5.69 Å². The third-order valence-electron chi connectivity index (χ3n) is 3.01. The number of aromatic nitrogens is 2. The summed E-state index contributed by atoms with van der Waals surface area (Å²) < 4.78 is 1.14. The fourth-order valence-electron chi connectivity index (χ4n) is 1.94. The van der Waals surface area contributed by atoms with Crippen molar-refractivity contribution in [3.05, 3.63) is 58.6 Å². The van der Waals surface area contributed by atoms with E-state index in [1.54, 1.807) is 12.4 Å². The molecule has 4 heteroatoms. The number of aryl methyl sites for hydroxylation is 1. The molecular formula is C15H18BrN3. The second-order valence-corrected chi connectivity index (χ2v) is 5.46. The first kappa shape index (κ1) is 14.2. The van der Waals surface area contributed by atoms with Crippen molar-refractivity contribution in [2.75, 3.05) is 6.54 Å². The Morgan fingerprint density at radius 2 is 2.21 bits per heavy atom. The molecule has 1 N–H and O–H groups in total. The first-order valence-electron chi connectivity index (χ1n) is 6.49. The van der Waals surface area contributed by atoms with Gasteiger partial charge in [0.1, 0.15) is 0 Å². The molecule has 2 aromatic rings. The molecule has 1 aromatic heterocycles. The minimum absolute atomic E-state index is 0.246. The van der Waals surface area contributed by atoms with E-state index in [0.717, 1.165) is 29.6 Å². The molecule has 100 valence electrons. The largest absolute Gasteiger partial charge is 0.309 e. The Hall–Kier alpha value is -1.26. The molecule has 0 saturated carbocycles. The minimum Gasteiger partial charge on any atom is -0.309 e. The lowest BCUT2D eigenvalue weighted by Gasteiger charge is -2.12. The maximum atomic E-state index is 4.30. The normalized spacial score (nSPS) is 12.3. The number of nitrogens with one attached hydrogen (secondary N) is 1. The SMILES string of the molecule is CC(NCCCc1cccc(Br)c1)c1cnccn1. The molecule has 1 heterocycles. The Labute approximate surface area is 122 Å². The molecule has 3 nitrogen and oxygen atoms in total. The first-order chi connectivity index (χ1) is 9.25. The van der Waals surface area contributed by atoms with Crippen LogP contribution >= 0.6 is 15.9 Å². The van der Waals surface area contributed by atoms with E-state index in [2.05, 4.69) is 62.4 Å². The van der Waals surface area contributed by atoms with E-state index in [-0.39, 0.29) is 6.04 Å². The zero-order valence-corrected chi connectivity index (χ0v) is 12.6. The average Bonchev–Trinajstić information content (AvgIpc) is 2.44. The van der Waals surface area contributed by atoms with Gasteiger partial charge in [-0.3, -0.25) is 9.97 Å². The molecule has 0 spiro atoms. The highest BCUT2D eigenvalue weighted by molar-refractivity contribution is 9.10. The van der Waals surface area contributed by atoms with Crippen molar-refractivity contribution < 1.29 is 0 Å². The Morgan fingerprint density at radius 3 is 2.95 bits per heavy atom. The third kappa shape index (κ3) is 4.73.